The van der Waals surface area contributed by atoms with Crippen LogP contribution < -0.4 is 5.32 Å². The second-order valence-electron chi connectivity index (χ2n) is 6.00. The molecule has 5 nitrogen and oxygen atoms in total. The lowest BCUT2D eigenvalue weighted by molar-refractivity contribution is -0.130. The Hall–Kier alpha value is -1.14. The van der Waals surface area contributed by atoms with Gasteiger partial charge < -0.3 is 20.1 Å². The molecular formula is C17H27ClN2O3. The van der Waals surface area contributed by atoms with Crippen molar-refractivity contribution in [1.29, 1.82) is 0 Å². The molecule has 0 aliphatic heterocycles. The first kappa shape index (κ1) is 19.9. The van der Waals surface area contributed by atoms with Crippen LogP contribution in [0.25, 0.3) is 0 Å². The van der Waals surface area contributed by atoms with E-state index >= 15 is 0 Å². The maximum atomic E-state index is 11.9. The second-order valence-corrected chi connectivity index (χ2v) is 6.00. The number of aliphatic hydroxyl groups excluding tert-OH is 1. The van der Waals surface area contributed by atoms with Crippen molar-refractivity contribution in [2.75, 3.05) is 33.3 Å². The molecule has 0 bridgehead atoms. The number of nitrogens with zero attached hydrogens (tertiary/aromatic N) is 1. The molecular weight excluding hydrogens is 316 g/mol. The third-order valence-electron chi connectivity index (χ3n) is 3.74. The van der Waals surface area contributed by atoms with Gasteiger partial charge in [-0.1, -0.05) is 30.3 Å². The Balaban J connectivity index is 0.00000264. The van der Waals surface area contributed by atoms with Gasteiger partial charge in [0, 0.05) is 13.6 Å². The molecule has 23 heavy (non-hydrogen) atoms. The summed E-state index contributed by atoms with van der Waals surface area (Å²) in [6, 6.07) is 9.82. The summed E-state index contributed by atoms with van der Waals surface area (Å²) < 4.78 is 5.48. The largest absolute Gasteiger partial charge is 0.389 e. The number of halogens is 1. The number of likely N-dealkylation sites (N-methyl/N-ethyl adjacent to an activating group) is 1. The fourth-order valence-corrected chi connectivity index (χ4v) is 2.20. The van der Waals surface area contributed by atoms with Crippen LogP contribution in [0.2, 0.25) is 0 Å². The van der Waals surface area contributed by atoms with Gasteiger partial charge in [0.05, 0.1) is 25.9 Å². The molecule has 1 saturated carbocycles. The van der Waals surface area contributed by atoms with Gasteiger partial charge in [0.25, 0.3) is 0 Å². The molecule has 1 aliphatic rings. The highest BCUT2D eigenvalue weighted by Crippen LogP contribution is 2.27. The molecule has 1 aromatic carbocycles. The highest BCUT2D eigenvalue weighted by atomic mass is 35.5. The minimum atomic E-state index is -0.666. The van der Waals surface area contributed by atoms with Crippen molar-refractivity contribution >= 4 is 18.3 Å². The predicted molar refractivity (Wildman–Crippen MR) is 92.6 cm³/mol. The van der Waals surface area contributed by atoms with Crippen LogP contribution in [0.15, 0.2) is 30.3 Å². The van der Waals surface area contributed by atoms with E-state index < -0.39 is 6.10 Å². The Labute approximate surface area is 144 Å². The van der Waals surface area contributed by atoms with E-state index in [1.54, 1.807) is 11.9 Å². The molecule has 130 valence electrons. The third-order valence-corrected chi connectivity index (χ3v) is 3.74. The van der Waals surface area contributed by atoms with E-state index in [0.717, 1.165) is 18.0 Å². The van der Waals surface area contributed by atoms with Crippen LogP contribution in [-0.2, 0) is 16.1 Å². The summed E-state index contributed by atoms with van der Waals surface area (Å²) in [5.41, 5.74) is 1.07. The number of aliphatic hydroxyl groups is 1. The number of hydrogen-bond acceptors (Lipinski definition) is 4. The summed E-state index contributed by atoms with van der Waals surface area (Å²) in [6.07, 6.45) is 1.88. The van der Waals surface area contributed by atoms with Crippen molar-refractivity contribution in [1.82, 2.24) is 10.2 Å². The summed E-state index contributed by atoms with van der Waals surface area (Å²) in [5, 5.41) is 13.1. The number of ether oxygens (including phenoxy) is 1. The van der Waals surface area contributed by atoms with E-state index in [4.69, 9.17) is 4.74 Å². The maximum absolute atomic E-state index is 11.9. The molecule has 1 atom stereocenters. The number of nitrogens with one attached hydrogen (secondary N) is 1. The summed E-state index contributed by atoms with van der Waals surface area (Å²) >= 11 is 0. The highest BCUT2D eigenvalue weighted by molar-refractivity contribution is 5.85. The lowest BCUT2D eigenvalue weighted by Crippen LogP contribution is -2.41. The van der Waals surface area contributed by atoms with Crippen LogP contribution >= 0.6 is 12.4 Å². The molecule has 2 N–H and O–H groups in total. The highest BCUT2D eigenvalue weighted by Gasteiger charge is 2.21. The molecule has 1 aliphatic carbocycles. The van der Waals surface area contributed by atoms with Gasteiger partial charge in [-0.25, -0.2) is 0 Å². The molecule has 0 heterocycles. The maximum Gasteiger partial charge on any atom is 0.236 e. The van der Waals surface area contributed by atoms with Crippen molar-refractivity contribution in [3.63, 3.8) is 0 Å². The number of carbonyl (C=O) groups is 1. The quantitative estimate of drug-likeness (QED) is 0.675. The van der Waals surface area contributed by atoms with Gasteiger partial charge in [0.2, 0.25) is 5.91 Å². The Kier molecular flexibility index (Phi) is 9.17. The zero-order valence-electron chi connectivity index (χ0n) is 13.6. The molecule has 0 radical (unpaired) electrons. The van der Waals surface area contributed by atoms with Gasteiger partial charge >= 0.3 is 0 Å². The lowest BCUT2D eigenvalue weighted by atomic mass is 10.2. The number of carbonyl (C=O) groups excluding carboxylic acids is 1. The first-order chi connectivity index (χ1) is 10.6. The Bertz CT molecular complexity index is 454. The van der Waals surface area contributed by atoms with Gasteiger partial charge in [-0.2, -0.15) is 0 Å². The SMILES string of the molecule is CN(CC(O)COCc1ccccc1)C(=O)CNCC1CC1.Cl. The van der Waals surface area contributed by atoms with Crippen molar-refractivity contribution in [3.05, 3.63) is 35.9 Å². The fourth-order valence-electron chi connectivity index (χ4n) is 2.20. The Morgan fingerprint density at radius 3 is 2.74 bits per heavy atom. The average molecular weight is 343 g/mol. The Morgan fingerprint density at radius 2 is 2.09 bits per heavy atom. The van der Waals surface area contributed by atoms with E-state index in [0.29, 0.717) is 19.7 Å². The van der Waals surface area contributed by atoms with Gasteiger partial charge in [0.15, 0.2) is 0 Å². The summed E-state index contributed by atoms with van der Waals surface area (Å²) in [6.45, 7) is 2.24. The van der Waals surface area contributed by atoms with E-state index in [1.807, 2.05) is 30.3 Å². The minimum Gasteiger partial charge on any atom is -0.389 e. The molecule has 1 aromatic rings. The number of amides is 1. The summed E-state index contributed by atoms with van der Waals surface area (Å²) in [4.78, 5) is 13.4. The smallest absolute Gasteiger partial charge is 0.236 e. The Morgan fingerprint density at radius 1 is 1.39 bits per heavy atom. The predicted octanol–water partition coefficient (Wildman–Crippen LogP) is 1.44. The van der Waals surface area contributed by atoms with Gasteiger partial charge in [0.1, 0.15) is 0 Å². The summed E-state index contributed by atoms with van der Waals surface area (Å²) in [5.74, 6) is 0.762. The van der Waals surface area contributed by atoms with Crippen LogP contribution in [0.3, 0.4) is 0 Å². The van der Waals surface area contributed by atoms with E-state index in [9.17, 15) is 9.90 Å². The number of hydrogen-bond donors (Lipinski definition) is 2. The molecule has 6 heteroatoms. The van der Waals surface area contributed by atoms with Crippen LogP contribution in [-0.4, -0.2) is 55.3 Å². The van der Waals surface area contributed by atoms with Crippen LogP contribution in [0.1, 0.15) is 18.4 Å². The van der Waals surface area contributed by atoms with Crippen LogP contribution in [0, 0.1) is 5.92 Å². The third kappa shape index (κ3) is 8.32. The van der Waals surface area contributed by atoms with Gasteiger partial charge in [-0.15, -0.1) is 12.4 Å². The van der Waals surface area contributed by atoms with Crippen molar-refractivity contribution < 1.29 is 14.6 Å². The lowest BCUT2D eigenvalue weighted by Gasteiger charge is -2.21. The average Bonchev–Trinajstić information content (AvgIpc) is 3.32. The monoisotopic (exact) mass is 342 g/mol. The zero-order chi connectivity index (χ0) is 15.8. The summed E-state index contributed by atoms with van der Waals surface area (Å²) in [7, 11) is 1.71. The normalized spacial score (nSPS) is 14.9. The van der Waals surface area contributed by atoms with Crippen molar-refractivity contribution in [2.45, 2.75) is 25.6 Å². The van der Waals surface area contributed by atoms with E-state index in [1.165, 1.54) is 12.8 Å². The fraction of sp³-hybridized carbons (Fsp3) is 0.588. The van der Waals surface area contributed by atoms with Crippen molar-refractivity contribution in [3.8, 4) is 0 Å². The van der Waals surface area contributed by atoms with Crippen molar-refractivity contribution in [2.24, 2.45) is 5.92 Å². The topological polar surface area (TPSA) is 61.8 Å². The van der Waals surface area contributed by atoms with E-state index in [2.05, 4.69) is 5.32 Å². The van der Waals surface area contributed by atoms with Crippen LogP contribution in [0.5, 0.6) is 0 Å². The molecule has 2 rings (SSSR count). The van der Waals surface area contributed by atoms with Crippen LogP contribution in [0.4, 0.5) is 0 Å². The first-order valence-corrected chi connectivity index (χ1v) is 7.89. The molecule has 1 unspecified atom stereocenters. The minimum absolute atomic E-state index is 0. The first-order valence-electron chi connectivity index (χ1n) is 7.89. The second kappa shape index (κ2) is 10.6. The molecule has 1 fully saturated rings. The number of rotatable bonds is 10. The molecule has 0 spiro atoms. The molecule has 0 saturated heterocycles. The zero-order valence-corrected chi connectivity index (χ0v) is 14.4. The van der Waals surface area contributed by atoms with Gasteiger partial charge in [-0.05, 0) is 30.9 Å². The number of benzene rings is 1. The van der Waals surface area contributed by atoms with E-state index in [-0.39, 0.29) is 24.9 Å². The molecule has 0 aromatic heterocycles. The molecule has 1 amide bonds. The van der Waals surface area contributed by atoms with Gasteiger partial charge in [-0.3, -0.25) is 4.79 Å². The standard InChI is InChI=1S/C17H26N2O3.ClH/c1-19(17(21)10-18-9-14-7-8-14)11-16(20)13-22-12-15-5-3-2-4-6-15;/h2-6,14,16,18,20H,7-13H2,1H3;1H.